The molecule has 3 rings (SSSR count). The van der Waals surface area contributed by atoms with Crippen molar-refractivity contribution in [1.29, 1.82) is 0 Å². The molecule has 5 nitrogen and oxygen atoms in total. The van der Waals surface area contributed by atoms with Crippen molar-refractivity contribution >= 4 is 17.3 Å². The first-order chi connectivity index (χ1) is 11.2. The monoisotopic (exact) mass is 335 g/mol. The molecule has 2 aliphatic rings. The number of aryl methyl sites for hydroxylation is 1. The van der Waals surface area contributed by atoms with Gasteiger partial charge in [-0.05, 0) is 39.2 Å². The van der Waals surface area contributed by atoms with Crippen molar-refractivity contribution in [2.24, 2.45) is 4.99 Å². The van der Waals surface area contributed by atoms with Crippen LogP contribution in [0.4, 0.5) is 0 Å². The lowest BCUT2D eigenvalue weighted by molar-refractivity contribution is 0.0526. The van der Waals surface area contributed by atoms with E-state index in [1.807, 2.05) is 13.2 Å². The fourth-order valence-corrected chi connectivity index (χ4v) is 4.68. The van der Waals surface area contributed by atoms with E-state index < -0.39 is 0 Å². The molecule has 1 aromatic heterocycles. The third-order valence-electron chi connectivity index (χ3n) is 5.26. The van der Waals surface area contributed by atoms with Crippen LogP contribution in [0.1, 0.15) is 48.9 Å². The summed E-state index contributed by atoms with van der Waals surface area (Å²) in [6, 6.07) is 2.02. The SMILES string of the molecule is CCc1cnc(CNC(=NC)NC2CC3CCCC(C2)N3C)s1. The predicted octanol–water partition coefficient (Wildman–Crippen LogP) is 2.39. The summed E-state index contributed by atoms with van der Waals surface area (Å²) in [5.41, 5.74) is 0. The summed E-state index contributed by atoms with van der Waals surface area (Å²) in [6.45, 7) is 2.92. The number of guanidine groups is 1. The molecule has 2 aliphatic heterocycles. The topological polar surface area (TPSA) is 52.6 Å². The molecule has 6 heteroatoms. The minimum atomic E-state index is 0.537. The van der Waals surface area contributed by atoms with E-state index in [2.05, 4.69) is 39.5 Å². The molecule has 0 radical (unpaired) electrons. The van der Waals surface area contributed by atoms with Gasteiger partial charge in [-0.25, -0.2) is 4.98 Å². The third-order valence-corrected chi connectivity index (χ3v) is 6.40. The normalized spacial score (nSPS) is 28.7. The lowest BCUT2D eigenvalue weighted by Crippen LogP contribution is -2.56. The number of thiazole rings is 1. The quantitative estimate of drug-likeness (QED) is 0.655. The molecule has 3 heterocycles. The summed E-state index contributed by atoms with van der Waals surface area (Å²) in [6.07, 6.45) is 9.57. The second kappa shape index (κ2) is 7.62. The molecular formula is C17H29N5S. The molecule has 2 saturated heterocycles. The number of nitrogens with one attached hydrogen (secondary N) is 2. The third kappa shape index (κ3) is 4.04. The van der Waals surface area contributed by atoms with Gasteiger partial charge in [0.05, 0.1) is 6.54 Å². The summed E-state index contributed by atoms with van der Waals surface area (Å²) in [4.78, 5) is 12.8. The smallest absolute Gasteiger partial charge is 0.191 e. The Labute approximate surface area is 143 Å². The van der Waals surface area contributed by atoms with Crippen LogP contribution in [-0.2, 0) is 13.0 Å². The van der Waals surface area contributed by atoms with Gasteiger partial charge < -0.3 is 15.5 Å². The zero-order valence-electron chi connectivity index (χ0n) is 14.5. The summed E-state index contributed by atoms with van der Waals surface area (Å²) < 4.78 is 0. The lowest BCUT2D eigenvalue weighted by atomic mass is 9.82. The molecule has 0 saturated carbocycles. The highest BCUT2D eigenvalue weighted by Crippen LogP contribution is 2.32. The van der Waals surface area contributed by atoms with Gasteiger partial charge in [0.15, 0.2) is 5.96 Å². The first-order valence-electron chi connectivity index (χ1n) is 8.82. The Balaban J connectivity index is 1.51. The van der Waals surface area contributed by atoms with Crippen molar-refractivity contribution in [3.8, 4) is 0 Å². The highest BCUT2D eigenvalue weighted by molar-refractivity contribution is 7.11. The molecule has 1 aromatic rings. The van der Waals surface area contributed by atoms with E-state index >= 15 is 0 Å². The summed E-state index contributed by atoms with van der Waals surface area (Å²) in [7, 11) is 4.15. The molecule has 128 valence electrons. The Bertz CT molecular complexity index is 527. The Morgan fingerprint density at radius 1 is 1.39 bits per heavy atom. The fraction of sp³-hybridized carbons (Fsp3) is 0.765. The van der Waals surface area contributed by atoms with Crippen LogP contribution in [0.5, 0.6) is 0 Å². The van der Waals surface area contributed by atoms with Crippen LogP contribution in [-0.4, -0.2) is 48.1 Å². The minimum Gasteiger partial charge on any atom is -0.354 e. The average molecular weight is 336 g/mol. The zero-order chi connectivity index (χ0) is 16.2. The van der Waals surface area contributed by atoms with E-state index in [1.54, 1.807) is 11.3 Å². The highest BCUT2D eigenvalue weighted by Gasteiger charge is 2.36. The van der Waals surface area contributed by atoms with Crippen molar-refractivity contribution < 1.29 is 0 Å². The molecule has 0 aromatic carbocycles. The molecule has 23 heavy (non-hydrogen) atoms. The van der Waals surface area contributed by atoms with E-state index in [9.17, 15) is 0 Å². The van der Waals surface area contributed by atoms with Gasteiger partial charge in [-0.2, -0.15) is 0 Å². The van der Waals surface area contributed by atoms with Gasteiger partial charge >= 0.3 is 0 Å². The van der Waals surface area contributed by atoms with Gasteiger partial charge in [0.1, 0.15) is 5.01 Å². The molecule has 0 spiro atoms. The number of aromatic nitrogens is 1. The number of aliphatic imine (C=N–C) groups is 1. The highest BCUT2D eigenvalue weighted by atomic mass is 32.1. The van der Waals surface area contributed by atoms with E-state index in [0.29, 0.717) is 6.04 Å². The number of hydrogen-bond acceptors (Lipinski definition) is 4. The van der Waals surface area contributed by atoms with Gasteiger partial charge in [0, 0.05) is 36.2 Å². The second-order valence-corrected chi connectivity index (χ2v) is 7.92. The van der Waals surface area contributed by atoms with Crippen LogP contribution in [0.2, 0.25) is 0 Å². The maximum Gasteiger partial charge on any atom is 0.191 e. The molecule has 0 aliphatic carbocycles. The number of piperidine rings is 2. The van der Waals surface area contributed by atoms with Crippen molar-refractivity contribution in [2.75, 3.05) is 14.1 Å². The zero-order valence-corrected chi connectivity index (χ0v) is 15.3. The summed E-state index contributed by atoms with van der Waals surface area (Å²) >= 11 is 1.78. The van der Waals surface area contributed by atoms with Crippen molar-refractivity contribution in [3.05, 3.63) is 16.1 Å². The second-order valence-electron chi connectivity index (χ2n) is 6.72. The molecule has 2 fully saturated rings. The Kier molecular flexibility index (Phi) is 5.54. The standard InChI is InChI=1S/C17H29N5S/c1-4-15-10-19-16(23-15)11-20-17(18-2)21-12-8-13-6-5-7-14(9-12)22(13)3/h10,12-14H,4-9,11H2,1-3H3,(H2,18,20,21). The molecule has 2 bridgehead atoms. The van der Waals surface area contributed by atoms with E-state index in [-0.39, 0.29) is 0 Å². The van der Waals surface area contributed by atoms with Crippen LogP contribution < -0.4 is 10.6 Å². The average Bonchev–Trinajstić information content (AvgIpc) is 3.00. The molecule has 2 atom stereocenters. The summed E-state index contributed by atoms with van der Waals surface area (Å²) in [5, 5.41) is 8.19. The lowest BCUT2D eigenvalue weighted by Gasteiger charge is -2.47. The van der Waals surface area contributed by atoms with Crippen LogP contribution >= 0.6 is 11.3 Å². The number of nitrogens with zero attached hydrogens (tertiary/aromatic N) is 3. The minimum absolute atomic E-state index is 0.537. The first kappa shape index (κ1) is 16.7. The maximum absolute atomic E-state index is 4.46. The van der Waals surface area contributed by atoms with Gasteiger partial charge in [0.2, 0.25) is 0 Å². The van der Waals surface area contributed by atoms with Gasteiger partial charge in [-0.15, -0.1) is 11.3 Å². The predicted molar refractivity (Wildman–Crippen MR) is 97.0 cm³/mol. The van der Waals surface area contributed by atoms with Gasteiger partial charge in [-0.3, -0.25) is 4.99 Å². The maximum atomic E-state index is 4.46. The molecule has 0 amide bonds. The van der Waals surface area contributed by atoms with Gasteiger partial charge in [0.25, 0.3) is 0 Å². The molecule has 2 unspecified atom stereocenters. The van der Waals surface area contributed by atoms with Crippen molar-refractivity contribution in [2.45, 2.75) is 70.1 Å². The van der Waals surface area contributed by atoms with Crippen LogP contribution in [0.3, 0.4) is 0 Å². The number of rotatable bonds is 4. The molecule has 2 N–H and O–H groups in total. The van der Waals surface area contributed by atoms with Crippen molar-refractivity contribution in [3.63, 3.8) is 0 Å². The van der Waals surface area contributed by atoms with E-state index in [0.717, 1.165) is 36.0 Å². The van der Waals surface area contributed by atoms with Crippen LogP contribution in [0.15, 0.2) is 11.2 Å². The van der Waals surface area contributed by atoms with Crippen LogP contribution in [0.25, 0.3) is 0 Å². The van der Waals surface area contributed by atoms with Crippen LogP contribution in [0, 0.1) is 0 Å². The molecular weight excluding hydrogens is 306 g/mol. The Morgan fingerprint density at radius 3 is 2.74 bits per heavy atom. The van der Waals surface area contributed by atoms with Gasteiger partial charge in [-0.1, -0.05) is 13.3 Å². The van der Waals surface area contributed by atoms with Crippen molar-refractivity contribution in [1.82, 2.24) is 20.5 Å². The fourth-order valence-electron chi connectivity index (χ4n) is 3.87. The van der Waals surface area contributed by atoms with E-state index in [1.165, 1.54) is 37.0 Å². The Hall–Kier alpha value is -1.14. The number of hydrogen-bond donors (Lipinski definition) is 2. The summed E-state index contributed by atoms with van der Waals surface area (Å²) in [5.74, 6) is 0.908. The van der Waals surface area contributed by atoms with E-state index in [4.69, 9.17) is 0 Å². The Morgan fingerprint density at radius 2 is 2.13 bits per heavy atom. The largest absolute Gasteiger partial charge is 0.354 e. The first-order valence-corrected chi connectivity index (χ1v) is 9.64. The number of fused-ring (bicyclic) bond motifs is 2.